The van der Waals surface area contributed by atoms with Crippen LogP contribution in [0.25, 0.3) is 0 Å². The lowest BCUT2D eigenvalue weighted by atomic mass is 10.1. The highest BCUT2D eigenvalue weighted by atomic mass is 35.5. The summed E-state index contributed by atoms with van der Waals surface area (Å²) in [6.07, 6.45) is 0.986. The summed E-state index contributed by atoms with van der Waals surface area (Å²) in [4.78, 5) is 0. The van der Waals surface area contributed by atoms with Crippen molar-refractivity contribution >= 4 is 23.2 Å². The molecule has 1 N–H and O–H groups in total. The predicted octanol–water partition coefficient (Wildman–Crippen LogP) is 5.90. The summed E-state index contributed by atoms with van der Waals surface area (Å²) in [5.41, 5.74) is 3.41. The van der Waals surface area contributed by atoms with Gasteiger partial charge in [-0.05, 0) is 54.4 Å². The van der Waals surface area contributed by atoms with Gasteiger partial charge in [0.05, 0.1) is 0 Å². The first-order valence-electron chi connectivity index (χ1n) is 8.61. The zero-order valence-corrected chi connectivity index (χ0v) is 15.9. The third-order valence-corrected chi connectivity index (χ3v) is 4.52. The normalized spacial score (nSPS) is 10.7. The Labute approximate surface area is 164 Å². The third-order valence-electron chi connectivity index (χ3n) is 4.05. The van der Waals surface area contributed by atoms with Gasteiger partial charge in [-0.25, -0.2) is 0 Å². The van der Waals surface area contributed by atoms with Crippen LogP contribution in [0.15, 0.2) is 72.8 Å². The maximum atomic E-state index is 6.16. The Morgan fingerprint density at radius 1 is 0.769 bits per heavy atom. The van der Waals surface area contributed by atoms with Crippen LogP contribution >= 0.6 is 23.2 Å². The van der Waals surface area contributed by atoms with Crippen LogP contribution in [-0.4, -0.2) is 6.54 Å². The highest BCUT2D eigenvalue weighted by molar-refractivity contribution is 6.30. The van der Waals surface area contributed by atoms with Gasteiger partial charge in [0.2, 0.25) is 0 Å². The van der Waals surface area contributed by atoms with Gasteiger partial charge in [-0.1, -0.05) is 65.7 Å². The van der Waals surface area contributed by atoms with E-state index in [0.29, 0.717) is 23.2 Å². The molecule has 0 amide bonds. The van der Waals surface area contributed by atoms with Crippen LogP contribution in [0, 0.1) is 0 Å². The average Bonchev–Trinajstić information content (AvgIpc) is 2.65. The van der Waals surface area contributed by atoms with Crippen LogP contribution in [0.5, 0.6) is 5.75 Å². The summed E-state index contributed by atoms with van der Waals surface area (Å²) >= 11 is 12.2. The van der Waals surface area contributed by atoms with Crippen molar-refractivity contribution in [2.45, 2.75) is 19.6 Å². The molecule has 0 heterocycles. The number of benzene rings is 3. The number of halogens is 2. The van der Waals surface area contributed by atoms with Gasteiger partial charge in [-0.2, -0.15) is 0 Å². The quantitative estimate of drug-likeness (QED) is 0.487. The lowest BCUT2D eigenvalue weighted by Crippen LogP contribution is -2.17. The van der Waals surface area contributed by atoms with Gasteiger partial charge < -0.3 is 10.1 Å². The first-order chi connectivity index (χ1) is 12.7. The Morgan fingerprint density at radius 3 is 2.35 bits per heavy atom. The number of hydrogen-bond acceptors (Lipinski definition) is 2. The molecule has 0 radical (unpaired) electrons. The number of hydrogen-bond donors (Lipinski definition) is 1. The van der Waals surface area contributed by atoms with Crippen molar-refractivity contribution in [1.82, 2.24) is 5.32 Å². The summed E-state index contributed by atoms with van der Waals surface area (Å²) in [6.45, 7) is 2.07. The molecule has 0 aliphatic carbocycles. The summed E-state index contributed by atoms with van der Waals surface area (Å²) in [5, 5.41) is 4.89. The average molecular weight is 386 g/mol. The van der Waals surface area contributed by atoms with Crippen molar-refractivity contribution in [2.24, 2.45) is 0 Å². The van der Waals surface area contributed by atoms with Gasteiger partial charge in [-0.3, -0.25) is 0 Å². The Bertz CT molecular complexity index is 837. The molecular formula is C22H21Cl2NO. The van der Waals surface area contributed by atoms with E-state index in [2.05, 4.69) is 29.6 Å². The SMILES string of the molecule is Clc1cccc(COc2ccc(Cl)cc2CNCCc2ccccc2)c1. The van der Waals surface area contributed by atoms with Crippen molar-refractivity contribution in [3.8, 4) is 5.75 Å². The van der Waals surface area contributed by atoms with E-state index in [4.69, 9.17) is 27.9 Å². The van der Waals surface area contributed by atoms with Crippen LogP contribution < -0.4 is 10.1 Å². The zero-order chi connectivity index (χ0) is 18.2. The Kier molecular flexibility index (Phi) is 6.96. The monoisotopic (exact) mass is 385 g/mol. The standard InChI is InChI=1S/C22H21Cl2NO/c23-20-8-4-7-18(13-20)16-26-22-10-9-21(24)14-19(22)15-25-12-11-17-5-2-1-3-6-17/h1-10,13-14,25H,11-12,15-16H2. The Balaban J connectivity index is 1.57. The lowest BCUT2D eigenvalue weighted by Gasteiger charge is -2.13. The zero-order valence-electron chi connectivity index (χ0n) is 14.4. The predicted molar refractivity (Wildman–Crippen MR) is 109 cm³/mol. The van der Waals surface area contributed by atoms with Crippen LogP contribution in [-0.2, 0) is 19.6 Å². The molecule has 4 heteroatoms. The first kappa shape index (κ1) is 18.8. The third kappa shape index (κ3) is 5.77. The molecule has 134 valence electrons. The molecule has 3 aromatic carbocycles. The smallest absolute Gasteiger partial charge is 0.124 e. The molecule has 3 rings (SSSR count). The number of rotatable bonds is 8. The molecule has 0 spiro atoms. The van der Waals surface area contributed by atoms with E-state index >= 15 is 0 Å². The Hall–Kier alpha value is -2.00. The van der Waals surface area contributed by atoms with E-state index in [-0.39, 0.29) is 0 Å². The van der Waals surface area contributed by atoms with E-state index in [1.807, 2.05) is 48.5 Å². The summed E-state index contributed by atoms with van der Waals surface area (Å²) in [7, 11) is 0. The minimum atomic E-state index is 0.471. The molecule has 0 saturated carbocycles. The number of ether oxygens (including phenoxy) is 1. The van der Waals surface area contributed by atoms with Crippen molar-refractivity contribution in [3.05, 3.63) is 99.5 Å². The van der Waals surface area contributed by atoms with Gasteiger partial charge in [0.1, 0.15) is 12.4 Å². The highest BCUT2D eigenvalue weighted by Gasteiger charge is 2.06. The van der Waals surface area contributed by atoms with Crippen LogP contribution in [0.4, 0.5) is 0 Å². The van der Waals surface area contributed by atoms with E-state index < -0.39 is 0 Å². The van der Waals surface area contributed by atoms with Crippen molar-refractivity contribution in [2.75, 3.05) is 6.54 Å². The van der Waals surface area contributed by atoms with E-state index in [1.165, 1.54) is 5.56 Å². The fourth-order valence-electron chi connectivity index (χ4n) is 2.72. The minimum absolute atomic E-state index is 0.471. The summed E-state index contributed by atoms with van der Waals surface area (Å²) in [5.74, 6) is 0.835. The van der Waals surface area contributed by atoms with Crippen molar-refractivity contribution in [3.63, 3.8) is 0 Å². The van der Waals surface area contributed by atoms with Crippen molar-refractivity contribution < 1.29 is 4.74 Å². The fraction of sp³-hybridized carbons (Fsp3) is 0.182. The second-order valence-electron chi connectivity index (χ2n) is 6.08. The maximum absolute atomic E-state index is 6.16. The second kappa shape index (κ2) is 9.63. The largest absolute Gasteiger partial charge is 0.489 e. The molecule has 0 aliphatic heterocycles. The summed E-state index contributed by atoms with van der Waals surface area (Å²) in [6, 6.07) is 23.8. The number of nitrogens with one attached hydrogen (secondary N) is 1. The van der Waals surface area contributed by atoms with E-state index in [0.717, 1.165) is 29.8 Å². The highest BCUT2D eigenvalue weighted by Crippen LogP contribution is 2.24. The maximum Gasteiger partial charge on any atom is 0.124 e. The van der Waals surface area contributed by atoms with Crippen molar-refractivity contribution in [1.29, 1.82) is 0 Å². The minimum Gasteiger partial charge on any atom is -0.489 e. The fourth-order valence-corrected chi connectivity index (χ4v) is 3.12. The molecule has 0 aliphatic rings. The van der Waals surface area contributed by atoms with Gasteiger partial charge in [0, 0.05) is 22.2 Å². The molecule has 0 aromatic heterocycles. The molecule has 0 fully saturated rings. The molecule has 0 saturated heterocycles. The topological polar surface area (TPSA) is 21.3 Å². The lowest BCUT2D eigenvalue weighted by molar-refractivity contribution is 0.302. The van der Waals surface area contributed by atoms with Gasteiger partial charge in [-0.15, -0.1) is 0 Å². The van der Waals surface area contributed by atoms with Gasteiger partial charge in [0.25, 0.3) is 0 Å². The molecule has 0 atom stereocenters. The Morgan fingerprint density at radius 2 is 1.54 bits per heavy atom. The van der Waals surface area contributed by atoms with E-state index in [1.54, 1.807) is 0 Å². The molecule has 0 bridgehead atoms. The van der Waals surface area contributed by atoms with Gasteiger partial charge in [0.15, 0.2) is 0 Å². The molecule has 3 aromatic rings. The molecule has 2 nitrogen and oxygen atoms in total. The van der Waals surface area contributed by atoms with E-state index in [9.17, 15) is 0 Å². The van der Waals surface area contributed by atoms with Crippen LogP contribution in [0.1, 0.15) is 16.7 Å². The van der Waals surface area contributed by atoms with Crippen LogP contribution in [0.2, 0.25) is 10.0 Å². The first-order valence-corrected chi connectivity index (χ1v) is 9.36. The molecule has 0 unspecified atom stereocenters. The molecule has 26 heavy (non-hydrogen) atoms. The summed E-state index contributed by atoms with van der Waals surface area (Å²) < 4.78 is 5.99. The second-order valence-corrected chi connectivity index (χ2v) is 6.96. The van der Waals surface area contributed by atoms with Crippen LogP contribution in [0.3, 0.4) is 0 Å². The molecular weight excluding hydrogens is 365 g/mol. The van der Waals surface area contributed by atoms with Gasteiger partial charge >= 0.3 is 0 Å².